The molecule has 0 N–H and O–H groups in total. The molecule has 0 fully saturated rings. The maximum absolute atomic E-state index is 13.4. The smallest absolute Gasteiger partial charge is 0.133 e. The van der Waals surface area contributed by atoms with Gasteiger partial charge in [0.1, 0.15) is 5.82 Å². The fourth-order valence-electron chi connectivity index (χ4n) is 1.40. The Morgan fingerprint density at radius 3 is 2.47 bits per heavy atom. The van der Waals surface area contributed by atoms with Crippen LogP contribution in [0.1, 0.15) is 11.1 Å². The second-order valence-corrected chi connectivity index (χ2v) is 4.14. The van der Waals surface area contributed by atoms with Crippen LogP contribution in [0.4, 0.5) is 10.1 Å². The maximum Gasteiger partial charge on any atom is 0.133 e. The van der Waals surface area contributed by atoms with E-state index in [4.69, 9.17) is 11.6 Å². The summed E-state index contributed by atoms with van der Waals surface area (Å²) in [7, 11) is 0. The summed E-state index contributed by atoms with van der Waals surface area (Å²) in [6.45, 7) is 2.00. The SMILES string of the molecule is Cc1ccc(N=Cc2c(F)cccc2Cl)cc1. The third-order valence-corrected chi connectivity index (χ3v) is 2.71. The van der Waals surface area contributed by atoms with Gasteiger partial charge in [0.05, 0.1) is 10.7 Å². The number of benzene rings is 2. The molecule has 1 nitrogen and oxygen atoms in total. The molecule has 86 valence electrons. The van der Waals surface area contributed by atoms with Gasteiger partial charge in [0.15, 0.2) is 0 Å². The molecule has 0 amide bonds. The lowest BCUT2D eigenvalue weighted by molar-refractivity contribution is 0.626. The van der Waals surface area contributed by atoms with E-state index in [1.807, 2.05) is 31.2 Å². The van der Waals surface area contributed by atoms with E-state index in [-0.39, 0.29) is 5.82 Å². The average molecular weight is 248 g/mol. The molecule has 2 aromatic rings. The first-order valence-corrected chi connectivity index (χ1v) is 5.59. The molecule has 2 rings (SSSR count). The van der Waals surface area contributed by atoms with Crippen LogP contribution in [0, 0.1) is 12.7 Å². The van der Waals surface area contributed by atoms with Crippen molar-refractivity contribution in [2.45, 2.75) is 6.92 Å². The van der Waals surface area contributed by atoms with E-state index in [0.29, 0.717) is 10.6 Å². The molecule has 0 heterocycles. The zero-order chi connectivity index (χ0) is 12.3. The maximum atomic E-state index is 13.4. The van der Waals surface area contributed by atoms with E-state index in [1.165, 1.54) is 12.3 Å². The van der Waals surface area contributed by atoms with Crippen LogP contribution in [-0.4, -0.2) is 6.21 Å². The highest BCUT2D eigenvalue weighted by Crippen LogP contribution is 2.18. The zero-order valence-electron chi connectivity index (χ0n) is 9.32. The Bertz CT molecular complexity index is 526. The highest BCUT2D eigenvalue weighted by Gasteiger charge is 2.03. The molecule has 0 aliphatic carbocycles. The van der Waals surface area contributed by atoms with Crippen molar-refractivity contribution in [1.82, 2.24) is 0 Å². The van der Waals surface area contributed by atoms with Gasteiger partial charge >= 0.3 is 0 Å². The standard InChI is InChI=1S/C14H11ClFN/c1-10-5-7-11(8-6-10)17-9-12-13(15)3-2-4-14(12)16/h2-9H,1H3. The van der Waals surface area contributed by atoms with Gasteiger partial charge < -0.3 is 0 Å². The molecule has 0 spiro atoms. The Labute approximate surface area is 105 Å². The van der Waals surface area contributed by atoms with E-state index in [1.54, 1.807) is 12.1 Å². The van der Waals surface area contributed by atoms with Gasteiger partial charge in [0.2, 0.25) is 0 Å². The highest BCUT2D eigenvalue weighted by molar-refractivity contribution is 6.33. The molecule has 0 saturated heterocycles. The third-order valence-electron chi connectivity index (χ3n) is 2.38. The van der Waals surface area contributed by atoms with Gasteiger partial charge in [-0.2, -0.15) is 0 Å². The fraction of sp³-hybridized carbons (Fsp3) is 0.0714. The number of aryl methyl sites for hydroxylation is 1. The summed E-state index contributed by atoms with van der Waals surface area (Å²) >= 11 is 5.89. The summed E-state index contributed by atoms with van der Waals surface area (Å²) in [6, 6.07) is 12.2. The van der Waals surface area contributed by atoms with Gasteiger partial charge in [-0.05, 0) is 31.2 Å². The number of hydrogen-bond donors (Lipinski definition) is 0. The Hall–Kier alpha value is -1.67. The van der Waals surface area contributed by atoms with Crippen molar-refractivity contribution >= 4 is 23.5 Å². The van der Waals surface area contributed by atoms with Crippen LogP contribution in [0.15, 0.2) is 47.5 Å². The Kier molecular flexibility index (Phi) is 3.55. The molecular formula is C14H11ClFN. The summed E-state index contributed by atoms with van der Waals surface area (Å²) in [4.78, 5) is 4.19. The van der Waals surface area contributed by atoms with E-state index in [2.05, 4.69) is 4.99 Å². The van der Waals surface area contributed by atoms with Crippen LogP contribution < -0.4 is 0 Å². The van der Waals surface area contributed by atoms with Gasteiger partial charge in [-0.15, -0.1) is 0 Å². The van der Waals surface area contributed by atoms with Crippen molar-refractivity contribution in [1.29, 1.82) is 0 Å². The fourth-order valence-corrected chi connectivity index (χ4v) is 1.62. The summed E-state index contributed by atoms with van der Waals surface area (Å²) in [6.07, 6.45) is 1.45. The predicted octanol–water partition coefficient (Wildman–Crippen LogP) is 4.54. The van der Waals surface area contributed by atoms with Gasteiger partial charge in [-0.3, -0.25) is 4.99 Å². The third kappa shape index (κ3) is 2.92. The first-order valence-electron chi connectivity index (χ1n) is 5.21. The molecule has 0 bridgehead atoms. The molecular weight excluding hydrogens is 237 g/mol. The number of hydrogen-bond acceptors (Lipinski definition) is 1. The monoisotopic (exact) mass is 247 g/mol. The molecule has 0 aliphatic rings. The van der Waals surface area contributed by atoms with Crippen LogP contribution in [0.25, 0.3) is 0 Å². The molecule has 0 atom stereocenters. The number of rotatable bonds is 2. The quantitative estimate of drug-likeness (QED) is 0.691. The summed E-state index contributed by atoms with van der Waals surface area (Å²) in [5, 5.41) is 0.362. The lowest BCUT2D eigenvalue weighted by Crippen LogP contribution is -1.88. The Morgan fingerprint density at radius 2 is 1.82 bits per heavy atom. The van der Waals surface area contributed by atoms with Gasteiger partial charge in [0, 0.05) is 11.8 Å². The predicted molar refractivity (Wildman–Crippen MR) is 69.8 cm³/mol. The second-order valence-electron chi connectivity index (χ2n) is 3.73. The molecule has 0 radical (unpaired) electrons. The molecule has 17 heavy (non-hydrogen) atoms. The van der Waals surface area contributed by atoms with E-state index in [9.17, 15) is 4.39 Å². The van der Waals surface area contributed by atoms with E-state index in [0.717, 1.165) is 11.3 Å². The average Bonchev–Trinajstić information content (AvgIpc) is 2.31. The first-order chi connectivity index (χ1) is 8.16. The normalized spacial score (nSPS) is 11.0. The largest absolute Gasteiger partial charge is 0.256 e. The van der Waals surface area contributed by atoms with Gasteiger partial charge in [0.25, 0.3) is 0 Å². The summed E-state index contributed by atoms with van der Waals surface area (Å²) in [5.74, 6) is -0.367. The number of nitrogens with zero attached hydrogens (tertiary/aromatic N) is 1. The van der Waals surface area contributed by atoms with Gasteiger partial charge in [-0.1, -0.05) is 35.4 Å². The van der Waals surface area contributed by atoms with Crippen LogP contribution >= 0.6 is 11.6 Å². The minimum Gasteiger partial charge on any atom is -0.256 e. The van der Waals surface area contributed by atoms with E-state index >= 15 is 0 Å². The molecule has 3 heteroatoms. The first kappa shape index (κ1) is 11.8. The highest BCUT2D eigenvalue weighted by atomic mass is 35.5. The van der Waals surface area contributed by atoms with Gasteiger partial charge in [-0.25, -0.2) is 4.39 Å². The summed E-state index contributed by atoms with van der Waals surface area (Å²) in [5.41, 5.74) is 2.25. The second kappa shape index (κ2) is 5.11. The van der Waals surface area contributed by atoms with Crippen LogP contribution in [0.3, 0.4) is 0 Å². The molecule has 0 unspecified atom stereocenters. The minimum atomic E-state index is -0.367. The minimum absolute atomic E-state index is 0.315. The van der Waals surface area contributed by atoms with Crippen molar-refractivity contribution in [3.8, 4) is 0 Å². The molecule has 0 saturated carbocycles. The van der Waals surface area contributed by atoms with Crippen LogP contribution in [-0.2, 0) is 0 Å². The van der Waals surface area contributed by atoms with Crippen LogP contribution in [0.2, 0.25) is 5.02 Å². The van der Waals surface area contributed by atoms with Crippen molar-refractivity contribution < 1.29 is 4.39 Å². The van der Waals surface area contributed by atoms with E-state index < -0.39 is 0 Å². The Balaban J connectivity index is 2.29. The zero-order valence-corrected chi connectivity index (χ0v) is 10.1. The number of aliphatic imine (C=N–C) groups is 1. The molecule has 0 aliphatic heterocycles. The van der Waals surface area contributed by atoms with Crippen LogP contribution in [0.5, 0.6) is 0 Å². The Morgan fingerprint density at radius 1 is 1.12 bits per heavy atom. The van der Waals surface area contributed by atoms with Crippen molar-refractivity contribution in [2.75, 3.05) is 0 Å². The lowest BCUT2D eigenvalue weighted by Gasteiger charge is -1.99. The molecule has 0 aromatic heterocycles. The van der Waals surface area contributed by atoms with Crippen molar-refractivity contribution in [2.24, 2.45) is 4.99 Å². The number of halogens is 2. The summed E-state index contributed by atoms with van der Waals surface area (Å²) < 4.78 is 13.4. The van der Waals surface area contributed by atoms with Crippen molar-refractivity contribution in [3.63, 3.8) is 0 Å². The molecule has 2 aromatic carbocycles. The van der Waals surface area contributed by atoms with Crippen molar-refractivity contribution in [3.05, 3.63) is 64.4 Å². The lowest BCUT2D eigenvalue weighted by atomic mass is 10.2. The topological polar surface area (TPSA) is 12.4 Å².